The van der Waals surface area contributed by atoms with Crippen molar-refractivity contribution in [3.63, 3.8) is 0 Å². The third-order valence-corrected chi connectivity index (χ3v) is 3.38. The molecule has 1 saturated heterocycles. The van der Waals surface area contributed by atoms with Gasteiger partial charge in [0.15, 0.2) is 0 Å². The minimum atomic E-state index is 0. The van der Waals surface area contributed by atoms with Crippen LogP contribution in [0.15, 0.2) is 0 Å². The third kappa shape index (κ3) is 5.23. The summed E-state index contributed by atoms with van der Waals surface area (Å²) in [7, 11) is 0. The number of nitrogens with zero attached hydrogens (tertiary/aromatic N) is 1. The monoisotopic (exact) mass is 263 g/mol. The molecule has 2 N–H and O–H groups in total. The number of hydrogen-bond acceptors (Lipinski definition) is 3. The molecule has 5 heteroatoms. The molecule has 2 atom stereocenters. The lowest BCUT2D eigenvalue weighted by Crippen LogP contribution is -2.46. The maximum atomic E-state index is 11.8. The first-order chi connectivity index (χ1) is 7.69. The molecule has 2 unspecified atom stereocenters. The van der Waals surface area contributed by atoms with E-state index in [9.17, 15) is 4.79 Å². The fourth-order valence-electron chi connectivity index (χ4n) is 2.26. The van der Waals surface area contributed by atoms with E-state index in [0.29, 0.717) is 6.04 Å². The third-order valence-electron chi connectivity index (χ3n) is 3.38. The van der Waals surface area contributed by atoms with Gasteiger partial charge < -0.3 is 10.6 Å². The number of halogens is 1. The number of carbonyl (C=O) groups excluding carboxylic acids is 1. The van der Waals surface area contributed by atoms with Crippen LogP contribution in [0.25, 0.3) is 0 Å². The van der Waals surface area contributed by atoms with Crippen molar-refractivity contribution < 1.29 is 4.79 Å². The van der Waals surface area contributed by atoms with E-state index >= 15 is 0 Å². The molecule has 0 spiro atoms. The zero-order valence-electron chi connectivity index (χ0n) is 11.2. The van der Waals surface area contributed by atoms with Gasteiger partial charge in [0, 0.05) is 12.6 Å². The van der Waals surface area contributed by atoms with Crippen LogP contribution in [0.5, 0.6) is 0 Å². The van der Waals surface area contributed by atoms with E-state index < -0.39 is 0 Å². The van der Waals surface area contributed by atoms with Crippen LogP contribution in [-0.4, -0.2) is 49.1 Å². The van der Waals surface area contributed by atoms with Crippen LogP contribution in [-0.2, 0) is 4.79 Å². The van der Waals surface area contributed by atoms with E-state index in [4.69, 9.17) is 0 Å². The van der Waals surface area contributed by atoms with Crippen molar-refractivity contribution in [2.45, 2.75) is 45.7 Å². The lowest BCUT2D eigenvalue weighted by molar-refractivity contribution is -0.123. The molecular weight excluding hydrogens is 238 g/mol. The fraction of sp³-hybridized carbons (Fsp3) is 0.917. The first kappa shape index (κ1) is 16.7. The van der Waals surface area contributed by atoms with Gasteiger partial charge in [0.25, 0.3) is 0 Å². The van der Waals surface area contributed by atoms with Crippen LogP contribution in [0, 0.1) is 0 Å². The standard InChI is InChI=1S/C12H25N3O.ClH/c1-4-15(5-2)10(3)9-14-12(16)11-7-6-8-13-11;/h10-11,13H,4-9H2,1-3H3,(H,14,16);1H. The van der Waals surface area contributed by atoms with Crippen molar-refractivity contribution in [2.24, 2.45) is 0 Å². The lowest BCUT2D eigenvalue weighted by Gasteiger charge is -2.26. The summed E-state index contributed by atoms with van der Waals surface area (Å²) in [5.41, 5.74) is 0. The molecule has 17 heavy (non-hydrogen) atoms. The second kappa shape index (κ2) is 8.72. The molecule has 0 aromatic rings. The van der Waals surface area contributed by atoms with Gasteiger partial charge in [-0.25, -0.2) is 0 Å². The molecule has 0 aliphatic carbocycles. The largest absolute Gasteiger partial charge is 0.353 e. The first-order valence-corrected chi connectivity index (χ1v) is 6.44. The van der Waals surface area contributed by atoms with Gasteiger partial charge in [0.2, 0.25) is 5.91 Å². The van der Waals surface area contributed by atoms with Crippen LogP contribution < -0.4 is 10.6 Å². The van der Waals surface area contributed by atoms with Gasteiger partial charge in [-0.2, -0.15) is 0 Å². The first-order valence-electron chi connectivity index (χ1n) is 6.44. The average molecular weight is 264 g/mol. The van der Waals surface area contributed by atoms with Crippen LogP contribution in [0.3, 0.4) is 0 Å². The Balaban J connectivity index is 0.00000256. The highest BCUT2D eigenvalue weighted by Crippen LogP contribution is 2.04. The predicted octanol–water partition coefficient (Wildman–Crippen LogP) is 1.01. The Hall–Kier alpha value is -0.320. The summed E-state index contributed by atoms with van der Waals surface area (Å²) in [6.07, 6.45) is 2.09. The maximum Gasteiger partial charge on any atom is 0.237 e. The van der Waals surface area contributed by atoms with Crippen molar-refractivity contribution in [1.82, 2.24) is 15.5 Å². The Morgan fingerprint density at radius 3 is 2.59 bits per heavy atom. The number of carbonyl (C=O) groups is 1. The Morgan fingerprint density at radius 2 is 2.12 bits per heavy atom. The fourth-order valence-corrected chi connectivity index (χ4v) is 2.26. The zero-order valence-corrected chi connectivity index (χ0v) is 12.0. The molecule has 1 fully saturated rings. The molecule has 0 aromatic carbocycles. The summed E-state index contributed by atoms with van der Waals surface area (Å²) < 4.78 is 0. The molecule has 0 aromatic heterocycles. The summed E-state index contributed by atoms with van der Waals surface area (Å²) in [5.74, 6) is 0.163. The lowest BCUT2D eigenvalue weighted by atomic mass is 10.2. The van der Waals surface area contributed by atoms with Gasteiger partial charge >= 0.3 is 0 Å². The highest BCUT2D eigenvalue weighted by Gasteiger charge is 2.22. The van der Waals surface area contributed by atoms with Gasteiger partial charge in [0.1, 0.15) is 0 Å². The van der Waals surface area contributed by atoms with E-state index in [-0.39, 0.29) is 24.4 Å². The summed E-state index contributed by atoms with van der Waals surface area (Å²) in [5, 5.41) is 6.24. The molecule has 1 aliphatic heterocycles. The van der Waals surface area contributed by atoms with E-state index in [1.165, 1.54) is 0 Å². The second-order valence-corrected chi connectivity index (χ2v) is 4.46. The Labute approximate surface area is 111 Å². The number of amides is 1. The normalized spacial score (nSPS) is 21.1. The highest BCUT2D eigenvalue weighted by atomic mass is 35.5. The molecule has 1 rings (SSSR count). The van der Waals surface area contributed by atoms with Crippen molar-refractivity contribution in [2.75, 3.05) is 26.2 Å². The number of rotatable bonds is 6. The van der Waals surface area contributed by atoms with Crippen molar-refractivity contribution in [3.8, 4) is 0 Å². The quantitative estimate of drug-likeness (QED) is 0.752. The van der Waals surface area contributed by atoms with Crippen molar-refractivity contribution in [1.29, 1.82) is 0 Å². The van der Waals surface area contributed by atoms with Gasteiger partial charge in [-0.1, -0.05) is 13.8 Å². The summed E-state index contributed by atoms with van der Waals surface area (Å²) in [6, 6.07) is 0.462. The Kier molecular flexibility index (Phi) is 8.56. The molecule has 0 bridgehead atoms. The number of nitrogens with one attached hydrogen (secondary N) is 2. The van der Waals surface area contributed by atoms with Gasteiger partial charge in [0.05, 0.1) is 6.04 Å². The summed E-state index contributed by atoms with van der Waals surface area (Å²) in [4.78, 5) is 14.1. The molecule has 102 valence electrons. The van der Waals surface area contributed by atoms with Crippen molar-refractivity contribution >= 4 is 18.3 Å². The maximum absolute atomic E-state index is 11.8. The van der Waals surface area contributed by atoms with Crippen LogP contribution in [0.1, 0.15) is 33.6 Å². The minimum Gasteiger partial charge on any atom is -0.353 e. The van der Waals surface area contributed by atoms with E-state index in [1.807, 2.05) is 0 Å². The van der Waals surface area contributed by atoms with Crippen LogP contribution in [0.4, 0.5) is 0 Å². The van der Waals surface area contributed by atoms with Crippen molar-refractivity contribution in [3.05, 3.63) is 0 Å². The Bertz CT molecular complexity index is 216. The molecule has 0 radical (unpaired) electrons. The smallest absolute Gasteiger partial charge is 0.237 e. The Morgan fingerprint density at radius 1 is 1.47 bits per heavy atom. The SMILES string of the molecule is CCN(CC)C(C)CNC(=O)C1CCCN1.Cl. The molecular formula is C12H26ClN3O. The molecule has 1 heterocycles. The highest BCUT2D eigenvalue weighted by molar-refractivity contribution is 5.85. The van der Waals surface area contributed by atoms with E-state index in [2.05, 4.69) is 36.3 Å². The molecule has 0 saturated carbocycles. The zero-order chi connectivity index (χ0) is 12.0. The van der Waals surface area contributed by atoms with Gasteiger partial charge in [-0.15, -0.1) is 12.4 Å². The predicted molar refractivity (Wildman–Crippen MR) is 73.7 cm³/mol. The molecule has 1 aliphatic rings. The summed E-state index contributed by atoms with van der Waals surface area (Å²) >= 11 is 0. The molecule has 1 amide bonds. The van der Waals surface area contributed by atoms with Crippen LogP contribution >= 0.6 is 12.4 Å². The topological polar surface area (TPSA) is 44.4 Å². The summed E-state index contributed by atoms with van der Waals surface area (Å²) in [6.45, 7) is 10.3. The number of likely N-dealkylation sites (N-methyl/N-ethyl adjacent to an activating group) is 1. The number of hydrogen-bond donors (Lipinski definition) is 2. The van der Waals surface area contributed by atoms with Gasteiger partial charge in [-0.3, -0.25) is 9.69 Å². The van der Waals surface area contributed by atoms with Crippen LogP contribution in [0.2, 0.25) is 0 Å². The van der Waals surface area contributed by atoms with Gasteiger partial charge in [-0.05, 0) is 39.4 Å². The average Bonchev–Trinajstić information content (AvgIpc) is 2.81. The second-order valence-electron chi connectivity index (χ2n) is 4.46. The molecule has 4 nitrogen and oxygen atoms in total. The van der Waals surface area contributed by atoms with E-state index in [0.717, 1.165) is 39.0 Å². The minimum absolute atomic E-state index is 0. The van der Waals surface area contributed by atoms with E-state index in [1.54, 1.807) is 0 Å².